The number of hydrogen-bond donors (Lipinski definition) is 2. The van der Waals surface area contributed by atoms with Crippen LogP contribution in [0.15, 0.2) is 12.2 Å². The zero-order chi connectivity index (χ0) is 11.2. The summed E-state index contributed by atoms with van der Waals surface area (Å²) in [5.41, 5.74) is -1.14. The van der Waals surface area contributed by atoms with Crippen molar-refractivity contribution in [2.24, 2.45) is 0 Å². The van der Waals surface area contributed by atoms with Gasteiger partial charge in [0.2, 0.25) is 0 Å². The van der Waals surface area contributed by atoms with Crippen LogP contribution in [0.3, 0.4) is 0 Å². The van der Waals surface area contributed by atoms with Gasteiger partial charge in [0.1, 0.15) is 0 Å². The van der Waals surface area contributed by atoms with Crippen LogP contribution in [0.25, 0.3) is 0 Å². The second-order valence-electron chi connectivity index (χ2n) is 5.17. The van der Waals surface area contributed by atoms with Crippen LogP contribution < -0.4 is 0 Å². The molecule has 0 aliphatic heterocycles. The molecule has 0 saturated carbocycles. The van der Waals surface area contributed by atoms with Crippen molar-refractivity contribution in [3.63, 3.8) is 0 Å². The predicted octanol–water partition coefficient (Wildman–Crippen LogP) is 2.64. The molecule has 0 aromatic carbocycles. The van der Waals surface area contributed by atoms with Crippen LogP contribution in [0.5, 0.6) is 0 Å². The van der Waals surface area contributed by atoms with E-state index >= 15 is 0 Å². The molecule has 14 heavy (non-hydrogen) atoms. The van der Waals surface area contributed by atoms with Gasteiger partial charge in [-0.25, -0.2) is 0 Å². The summed E-state index contributed by atoms with van der Waals surface area (Å²) in [4.78, 5) is 0. The average molecular weight is 200 g/mol. The number of hydrogen-bond acceptors (Lipinski definition) is 2. The molecule has 0 heterocycles. The molecule has 0 bridgehead atoms. The van der Waals surface area contributed by atoms with Crippen molar-refractivity contribution in [1.82, 2.24) is 0 Å². The van der Waals surface area contributed by atoms with Crippen molar-refractivity contribution in [3.05, 3.63) is 12.2 Å². The number of aliphatic hydroxyl groups is 2. The summed E-state index contributed by atoms with van der Waals surface area (Å²) in [6.45, 7) is 7.27. The first kappa shape index (κ1) is 13.7. The number of rotatable bonds is 6. The van der Waals surface area contributed by atoms with Crippen LogP contribution in [-0.2, 0) is 0 Å². The molecule has 2 N–H and O–H groups in total. The fourth-order valence-corrected chi connectivity index (χ4v) is 1.11. The second kappa shape index (κ2) is 5.52. The molecule has 2 heteroatoms. The van der Waals surface area contributed by atoms with E-state index < -0.39 is 11.2 Å². The Morgan fingerprint density at radius 2 is 1.07 bits per heavy atom. The van der Waals surface area contributed by atoms with E-state index in [4.69, 9.17) is 0 Å². The first-order chi connectivity index (χ1) is 6.21. The molecule has 0 aliphatic rings. The van der Waals surface area contributed by atoms with E-state index in [0.29, 0.717) is 0 Å². The Bertz CT molecular complexity index is 150. The first-order valence-corrected chi connectivity index (χ1v) is 5.30. The Kier molecular flexibility index (Phi) is 5.38. The molecule has 0 aromatic rings. The monoisotopic (exact) mass is 200 g/mol. The highest BCUT2D eigenvalue weighted by atomic mass is 16.3. The van der Waals surface area contributed by atoms with Gasteiger partial charge in [-0.3, -0.25) is 0 Å². The Morgan fingerprint density at radius 1 is 0.786 bits per heavy atom. The third-order valence-corrected chi connectivity index (χ3v) is 2.01. The van der Waals surface area contributed by atoms with Crippen molar-refractivity contribution in [2.45, 2.75) is 64.6 Å². The summed E-state index contributed by atoms with van der Waals surface area (Å²) in [6.07, 6.45) is 7.51. The Labute approximate surface area is 87.7 Å². The van der Waals surface area contributed by atoms with Crippen LogP contribution in [-0.4, -0.2) is 21.4 Å². The summed E-state index contributed by atoms with van der Waals surface area (Å²) in [5.74, 6) is 0. The molecule has 0 atom stereocenters. The highest BCUT2D eigenvalue weighted by Gasteiger charge is 2.11. The molecule has 0 unspecified atom stereocenters. The summed E-state index contributed by atoms with van der Waals surface area (Å²) in [5, 5.41) is 18.9. The molecular formula is C12H24O2. The maximum atomic E-state index is 9.43. The lowest BCUT2D eigenvalue weighted by Gasteiger charge is -2.16. The van der Waals surface area contributed by atoms with Crippen LogP contribution in [0.2, 0.25) is 0 Å². The van der Waals surface area contributed by atoms with Gasteiger partial charge in [0, 0.05) is 0 Å². The highest BCUT2D eigenvalue weighted by molar-refractivity contribution is 4.85. The van der Waals surface area contributed by atoms with Gasteiger partial charge in [-0.2, -0.15) is 0 Å². The van der Waals surface area contributed by atoms with E-state index in [1.807, 2.05) is 27.7 Å². The van der Waals surface area contributed by atoms with E-state index in [1.54, 1.807) is 0 Å². The van der Waals surface area contributed by atoms with E-state index in [1.165, 1.54) is 0 Å². The Balaban J connectivity index is 3.47. The molecule has 84 valence electrons. The van der Waals surface area contributed by atoms with Crippen molar-refractivity contribution in [3.8, 4) is 0 Å². The van der Waals surface area contributed by atoms with E-state index in [9.17, 15) is 10.2 Å². The molecule has 0 aliphatic carbocycles. The van der Waals surface area contributed by atoms with Crippen LogP contribution in [0, 0.1) is 0 Å². The molecule has 0 rings (SSSR count). The molecule has 2 nitrogen and oxygen atoms in total. The van der Waals surface area contributed by atoms with Crippen LogP contribution >= 0.6 is 0 Å². The Hall–Kier alpha value is -0.340. The molecule has 0 saturated heterocycles. The van der Waals surface area contributed by atoms with Crippen LogP contribution in [0.4, 0.5) is 0 Å². The lowest BCUT2D eigenvalue weighted by atomic mass is 10.0. The smallest absolute Gasteiger partial charge is 0.0594 e. The maximum absolute atomic E-state index is 9.43. The summed E-state index contributed by atoms with van der Waals surface area (Å²) < 4.78 is 0. The third-order valence-electron chi connectivity index (χ3n) is 2.01. The standard InChI is InChI=1S/C12H24O2/c1-11(2,13)9-7-5-6-8-10-12(3,4)14/h5-6,13-14H,7-10H2,1-4H3/b6-5-. The number of allylic oxidation sites excluding steroid dienone is 2. The topological polar surface area (TPSA) is 40.5 Å². The SMILES string of the molecule is CC(C)(O)CC/C=C\CCC(C)(C)O. The zero-order valence-corrected chi connectivity index (χ0v) is 9.88. The lowest BCUT2D eigenvalue weighted by Crippen LogP contribution is -2.17. The molecule has 0 aromatic heterocycles. The van der Waals surface area contributed by atoms with Gasteiger partial charge in [-0.05, 0) is 53.4 Å². The molecule has 0 spiro atoms. The van der Waals surface area contributed by atoms with Crippen molar-refractivity contribution >= 4 is 0 Å². The van der Waals surface area contributed by atoms with Crippen molar-refractivity contribution < 1.29 is 10.2 Å². The molecule has 0 fully saturated rings. The normalized spacial score (nSPS) is 13.9. The zero-order valence-electron chi connectivity index (χ0n) is 9.88. The summed E-state index contributed by atoms with van der Waals surface area (Å²) in [6, 6.07) is 0. The van der Waals surface area contributed by atoms with Gasteiger partial charge in [0.05, 0.1) is 11.2 Å². The molecular weight excluding hydrogens is 176 g/mol. The minimum absolute atomic E-state index is 0.569. The van der Waals surface area contributed by atoms with Gasteiger partial charge < -0.3 is 10.2 Å². The minimum Gasteiger partial charge on any atom is -0.390 e. The second-order valence-corrected chi connectivity index (χ2v) is 5.17. The van der Waals surface area contributed by atoms with Gasteiger partial charge in [-0.15, -0.1) is 0 Å². The molecule has 0 radical (unpaired) electrons. The van der Waals surface area contributed by atoms with E-state index in [0.717, 1.165) is 25.7 Å². The molecule has 0 amide bonds. The quantitative estimate of drug-likeness (QED) is 0.647. The summed E-state index contributed by atoms with van der Waals surface area (Å²) >= 11 is 0. The van der Waals surface area contributed by atoms with E-state index in [-0.39, 0.29) is 0 Å². The third kappa shape index (κ3) is 11.7. The summed E-state index contributed by atoms with van der Waals surface area (Å²) in [7, 11) is 0. The highest BCUT2D eigenvalue weighted by Crippen LogP contribution is 2.13. The van der Waals surface area contributed by atoms with E-state index in [2.05, 4.69) is 12.2 Å². The predicted molar refractivity (Wildman–Crippen MR) is 60.2 cm³/mol. The lowest BCUT2D eigenvalue weighted by molar-refractivity contribution is 0.0705. The van der Waals surface area contributed by atoms with Crippen molar-refractivity contribution in [1.29, 1.82) is 0 Å². The maximum Gasteiger partial charge on any atom is 0.0594 e. The van der Waals surface area contributed by atoms with Crippen LogP contribution in [0.1, 0.15) is 53.4 Å². The van der Waals surface area contributed by atoms with Crippen molar-refractivity contribution in [2.75, 3.05) is 0 Å². The van der Waals surface area contributed by atoms with Gasteiger partial charge in [0.25, 0.3) is 0 Å². The Morgan fingerprint density at radius 3 is 1.29 bits per heavy atom. The fourth-order valence-electron chi connectivity index (χ4n) is 1.11. The minimum atomic E-state index is -0.569. The van der Waals surface area contributed by atoms with Gasteiger partial charge >= 0.3 is 0 Å². The largest absolute Gasteiger partial charge is 0.390 e. The van der Waals surface area contributed by atoms with Gasteiger partial charge in [-0.1, -0.05) is 12.2 Å². The average Bonchev–Trinajstić information content (AvgIpc) is 1.92. The first-order valence-electron chi connectivity index (χ1n) is 5.30. The van der Waals surface area contributed by atoms with Gasteiger partial charge in [0.15, 0.2) is 0 Å². The fraction of sp³-hybridized carbons (Fsp3) is 0.833.